The molecule has 13 heteroatoms. The van der Waals surface area contributed by atoms with Gasteiger partial charge in [0.1, 0.15) is 18.7 Å². The van der Waals surface area contributed by atoms with Gasteiger partial charge in [-0.3, -0.25) is 24.0 Å². The zero-order chi connectivity index (χ0) is 27.3. The summed E-state index contributed by atoms with van der Waals surface area (Å²) in [5.74, 6) is -5.61. The Morgan fingerprint density at radius 2 is 1.53 bits per heavy atom. The van der Waals surface area contributed by atoms with E-state index in [0.717, 1.165) is 0 Å². The molecule has 0 unspecified atom stereocenters. The fourth-order valence-corrected chi connectivity index (χ4v) is 3.24. The number of Topliss-reactive ketones (excluding diaryl/α,β-unsaturated/α-hetero) is 1. The van der Waals surface area contributed by atoms with Crippen LogP contribution in [0.25, 0.3) is 0 Å². The lowest BCUT2D eigenvalue weighted by atomic mass is 10.0. The number of carboxylic acids is 2. The summed E-state index contributed by atoms with van der Waals surface area (Å²) in [6.45, 7) is 3.12. The van der Waals surface area contributed by atoms with Gasteiger partial charge in [-0.15, -0.1) is 0 Å². The van der Waals surface area contributed by atoms with Gasteiger partial charge in [-0.25, -0.2) is 4.79 Å². The Balaban J connectivity index is 2.91. The lowest BCUT2D eigenvalue weighted by Crippen LogP contribution is -2.57. The topological polar surface area (TPSA) is 188 Å². The van der Waals surface area contributed by atoms with Crippen LogP contribution in [0.3, 0.4) is 0 Å². The quantitative estimate of drug-likeness (QED) is 0.180. The number of thiol groups is 1. The number of carboxylic acid groups (broad SMARTS) is 2. The predicted octanol–water partition coefficient (Wildman–Crippen LogP) is 0.745. The Morgan fingerprint density at radius 1 is 0.889 bits per heavy atom. The van der Waals surface area contributed by atoms with Crippen molar-refractivity contribution in [3.63, 3.8) is 0 Å². The van der Waals surface area contributed by atoms with Crippen LogP contribution in [-0.2, 0) is 35.3 Å². The number of carbonyl (C=O) groups excluding carboxylic acids is 4. The molecule has 0 aliphatic heterocycles. The van der Waals surface area contributed by atoms with E-state index < -0.39 is 72.5 Å². The molecule has 12 nitrogen and oxygen atoms in total. The number of nitrogens with one attached hydrogen (secondary N) is 3. The Kier molecular flexibility index (Phi) is 13.0. The number of ether oxygens (including phenoxy) is 1. The number of hydrogen-bond donors (Lipinski definition) is 6. The van der Waals surface area contributed by atoms with Gasteiger partial charge in [-0.1, -0.05) is 44.2 Å². The maximum absolute atomic E-state index is 12.9. The van der Waals surface area contributed by atoms with E-state index in [4.69, 9.17) is 14.9 Å². The van der Waals surface area contributed by atoms with Crippen LogP contribution in [0.15, 0.2) is 30.3 Å². The first-order chi connectivity index (χ1) is 16.9. The maximum Gasteiger partial charge on any atom is 0.408 e. The lowest BCUT2D eigenvalue weighted by Gasteiger charge is -2.26. The van der Waals surface area contributed by atoms with E-state index >= 15 is 0 Å². The van der Waals surface area contributed by atoms with E-state index in [0.29, 0.717) is 5.56 Å². The fraction of sp³-hybridized carbons (Fsp3) is 0.478. The summed E-state index contributed by atoms with van der Waals surface area (Å²) < 4.78 is 5.09. The summed E-state index contributed by atoms with van der Waals surface area (Å²) in [6.07, 6.45) is -2.36. The maximum atomic E-state index is 12.9. The number of alkyl carbamates (subject to hydrolysis) is 1. The summed E-state index contributed by atoms with van der Waals surface area (Å²) in [5.41, 5.74) is 0.697. The fourth-order valence-electron chi connectivity index (χ4n) is 3.02. The molecule has 0 aliphatic rings. The van der Waals surface area contributed by atoms with Crippen molar-refractivity contribution in [2.75, 3.05) is 5.75 Å². The average molecular weight is 526 g/mol. The van der Waals surface area contributed by atoms with Crippen molar-refractivity contribution in [3.05, 3.63) is 35.9 Å². The first-order valence-corrected chi connectivity index (χ1v) is 11.7. The van der Waals surface area contributed by atoms with Crippen LogP contribution in [0.5, 0.6) is 0 Å². The third-order valence-electron chi connectivity index (χ3n) is 4.95. The summed E-state index contributed by atoms with van der Waals surface area (Å²) in [7, 11) is 0. The van der Waals surface area contributed by atoms with E-state index in [1.54, 1.807) is 44.2 Å². The molecule has 1 aromatic carbocycles. The second-order valence-corrected chi connectivity index (χ2v) is 8.52. The molecule has 3 atom stereocenters. The molecular weight excluding hydrogens is 494 g/mol. The van der Waals surface area contributed by atoms with Crippen LogP contribution < -0.4 is 16.0 Å². The molecule has 0 heterocycles. The number of benzene rings is 1. The Bertz CT molecular complexity index is 940. The normalized spacial score (nSPS) is 13.1. The molecule has 3 amide bonds. The first kappa shape index (κ1) is 30.4. The van der Waals surface area contributed by atoms with E-state index in [2.05, 4.69) is 28.6 Å². The molecule has 0 aromatic heterocycles. The molecule has 0 saturated carbocycles. The third kappa shape index (κ3) is 11.2. The van der Waals surface area contributed by atoms with Crippen LogP contribution in [0.4, 0.5) is 4.79 Å². The number of rotatable bonds is 15. The molecule has 0 bridgehead atoms. The average Bonchev–Trinajstić information content (AvgIpc) is 2.82. The van der Waals surface area contributed by atoms with Gasteiger partial charge in [0.2, 0.25) is 11.8 Å². The second kappa shape index (κ2) is 15.4. The van der Waals surface area contributed by atoms with Crippen molar-refractivity contribution >= 4 is 48.3 Å². The molecule has 36 heavy (non-hydrogen) atoms. The minimum absolute atomic E-state index is 0.0822. The van der Waals surface area contributed by atoms with E-state index in [-0.39, 0.29) is 18.8 Å². The molecule has 0 spiro atoms. The minimum Gasteiger partial charge on any atom is -0.481 e. The van der Waals surface area contributed by atoms with Crippen molar-refractivity contribution in [3.8, 4) is 0 Å². The minimum atomic E-state index is -1.35. The van der Waals surface area contributed by atoms with E-state index in [9.17, 15) is 28.8 Å². The molecule has 0 fully saturated rings. The largest absolute Gasteiger partial charge is 0.481 e. The molecular formula is C23H31N3O9S. The zero-order valence-electron chi connectivity index (χ0n) is 19.9. The van der Waals surface area contributed by atoms with E-state index in [1.165, 1.54) is 0 Å². The van der Waals surface area contributed by atoms with Crippen LogP contribution in [0.2, 0.25) is 0 Å². The van der Waals surface area contributed by atoms with Gasteiger partial charge in [0.25, 0.3) is 0 Å². The summed E-state index contributed by atoms with van der Waals surface area (Å²) in [4.78, 5) is 72.0. The number of aliphatic carboxylic acids is 2. The molecule has 1 rings (SSSR count). The van der Waals surface area contributed by atoms with Crippen molar-refractivity contribution in [1.82, 2.24) is 16.0 Å². The van der Waals surface area contributed by atoms with E-state index in [1.807, 2.05) is 0 Å². The lowest BCUT2D eigenvalue weighted by molar-refractivity contribution is -0.140. The molecule has 0 aliphatic carbocycles. The zero-order valence-corrected chi connectivity index (χ0v) is 20.8. The molecule has 0 saturated heterocycles. The van der Waals surface area contributed by atoms with Crippen LogP contribution in [-0.4, -0.2) is 69.7 Å². The van der Waals surface area contributed by atoms with Crippen LogP contribution >= 0.6 is 12.6 Å². The highest BCUT2D eigenvalue weighted by Gasteiger charge is 2.32. The standard InChI is InChI=1S/C23H31N3O9S/c1-13(2)20(22(33)24-16(10-19(30)31)17(27)12-36)26-21(32)15(8-9-18(28)29)25-23(34)35-11-14-6-4-3-5-7-14/h3-7,13,15-16,20,36H,8-12H2,1-2H3,(H,24,33)(H,25,34)(H,26,32)(H,28,29)(H,30,31)/t15-,16-,20-/m0/s1. The summed E-state index contributed by atoms with van der Waals surface area (Å²) in [6, 6.07) is 4.84. The molecule has 1 aromatic rings. The Labute approximate surface area is 213 Å². The second-order valence-electron chi connectivity index (χ2n) is 8.20. The monoisotopic (exact) mass is 525 g/mol. The van der Waals surface area contributed by atoms with Crippen LogP contribution in [0.1, 0.15) is 38.7 Å². The number of hydrogen-bond acceptors (Lipinski definition) is 8. The van der Waals surface area contributed by atoms with Gasteiger partial charge in [0.15, 0.2) is 5.78 Å². The molecule has 198 valence electrons. The molecule has 5 N–H and O–H groups in total. The van der Waals surface area contributed by atoms with Gasteiger partial charge in [0.05, 0.1) is 18.2 Å². The summed E-state index contributed by atoms with van der Waals surface area (Å²) >= 11 is 3.82. The number of ketones is 1. The highest BCUT2D eigenvalue weighted by Crippen LogP contribution is 2.08. The van der Waals surface area contributed by atoms with Crippen molar-refractivity contribution < 1.29 is 43.7 Å². The number of amides is 3. The highest BCUT2D eigenvalue weighted by atomic mass is 32.1. The van der Waals surface area contributed by atoms with Crippen molar-refractivity contribution in [1.29, 1.82) is 0 Å². The van der Waals surface area contributed by atoms with Gasteiger partial charge in [-0.2, -0.15) is 12.6 Å². The highest BCUT2D eigenvalue weighted by molar-refractivity contribution is 7.81. The third-order valence-corrected chi connectivity index (χ3v) is 5.27. The van der Waals surface area contributed by atoms with Crippen molar-refractivity contribution in [2.24, 2.45) is 5.92 Å². The van der Waals surface area contributed by atoms with Gasteiger partial charge < -0.3 is 30.9 Å². The molecule has 0 radical (unpaired) electrons. The van der Waals surface area contributed by atoms with Gasteiger partial charge >= 0.3 is 18.0 Å². The van der Waals surface area contributed by atoms with Gasteiger partial charge in [-0.05, 0) is 17.9 Å². The van der Waals surface area contributed by atoms with Crippen molar-refractivity contribution in [2.45, 2.75) is 57.8 Å². The SMILES string of the molecule is CC(C)[C@H](NC(=O)[C@H](CCC(=O)O)NC(=O)OCc1ccccc1)C(=O)N[C@@H](CC(=O)O)C(=O)CS. The summed E-state index contributed by atoms with van der Waals surface area (Å²) in [5, 5.41) is 25.1. The first-order valence-electron chi connectivity index (χ1n) is 11.1. The smallest absolute Gasteiger partial charge is 0.408 e. The number of carbonyl (C=O) groups is 6. The predicted molar refractivity (Wildman–Crippen MR) is 130 cm³/mol. The Hall–Kier alpha value is -3.61. The Morgan fingerprint density at radius 3 is 2.06 bits per heavy atom. The van der Waals surface area contributed by atoms with Gasteiger partial charge in [0, 0.05) is 6.42 Å². The van der Waals surface area contributed by atoms with Crippen LogP contribution in [0, 0.1) is 5.92 Å².